The lowest BCUT2D eigenvalue weighted by molar-refractivity contribution is -0.118. The summed E-state index contributed by atoms with van der Waals surface area (Å²) < 4.78 is 10.4. The quantitative estimate of drug-likeness (QED) is 0.705. The predicted octanol–water partition coefficient (Wildman–Crippen LogP) is 2.62. The van der Waals surface area contributed by atoms with E-state index < -0.39 is 0 Å². The van der Waals surface area contributed by atoms with Gasteiger partial charge in [0.15, 0.2) is 0 Å². The maximum atomic E-state index is 12.1. The van der Waals surface area contributed by atoms with Gasteiger partial charge in [0.1, 0.15) is 5.75 Å². The Morgan fingerprint density at radius 1 is 1.07 bits per heavy atom. The topological polar surface area (TPSA) is 79.9 Å². The standard InChI is InChI=1S/C22H25N3O4/c1-28-20-4-2-3-17(15-20)5-10-21(26)23-18-6-8-19(9-7-18)24-22(27)16-25-11-13-29-14-12-25/h2-10,15H,11-14,16H2,1H3,(H,23,26)(H,24,27)/b10-5+. The minimum absolute atomic E-state index is 0.0649. The molecule has 2 aromatic carbocycles. The van der Waals surface area contributed by atoms with E-state index in [1.807, 2.05) is 24.3 Å². The van der Waals surface area contributed by atoms with Crippen LogP contribution in [0.4, 0.5) is 11.4 Å². The van der Waals surface area contributed by atoms with Crippen LogP contribution in [-0.4, -0.2) is 56.7 Å². The Kier molecular flexibility index (Phi) is 7.38. The van der Waals surface area contributed by atoms with Crippen LogP contribution in [0.3, 0.4) is 0 Å². The highest BCUT2D eigenvalue weighted by atomic mass is 16.5. The summed E-state index contributed by atoms with van der Waals surface area (Å²) in [6, 6.07) is 14.5. The van der Waals surface area contributed by atoms with Crippen LogP contribution in [0.5, 0.6) is 5.75 Å². The molecule has 0 spiro atoms. The van der Waals surface area contributed by atoms with E-state index in [0.717, 1.165) is 24.4 Å². The van der Waals surface area contributed by atoms with Crippen molar-refractivity contribution in [2.45, 2.75) is 0 Å². The first-order chi connectivity index (χ1) is 14.1. The molecule has 1 saturated heterocycles. The maximum Gasteiger partial charge on any atom is 0.248 e. The van der Waals surface area contributed by atoms with E-state index in [-0.39, 0.29) is 11.8 Å². The molecule has 1 aliphatic rings. The van der Waals surface area contributed by atoms with Crippen LogP contribution in [0, 0.1) is 0 Å². The number of hydrogen-bond donors (Lipinski definition) is 2. The smallest absolute Gasteiger partial charge is 0.248 e. The van der Waals surface area contributed by atoms with Crippen molar-refractivity contribution in [2.75, 3.05) is 50.6 Å². The van der Waals surface area contributed by atoms with Crippen LogP contribution in [0.1, 0.15) is 5.56 Å². The Balaban J connectivity index is 1.48. The second-order valence-corrected chi connectivity index (χ2v) is 6.61. The molecule has 1 aliphatic heterocycles. The van der Waals surface area contributed by atoms with Crippen LogP contribution in [0.15, 0.2) is 54.6 Å². The van der Waals surface area contributed by atoms with E-state index in [9.17, 15) is 9.59 Å². The molecule has 3 rings (SSSR count). The summed E-state index contributed by atoms with van der Waals surface area (Å²) >= 11 is 0. The molecular weight excluding hydrogens is 370 g/mol. The molecule has 0 radical (unpaired) electrons. The number of ether oxygens (including phenoxy) is 2. The highest BCUT2D eigenvalue weighted by molar-refractivity contribution is 6.02. The molecular formula is C22H25N3O4. The minimum Gasteiger partial charge on any atom is -0.497 e. The fourth-order valence-corrected chi connectivity index (χ4v) is 2.90. The summed E-state index contributed by atoms with van der Waals surface area (Å²) in [6.45, 7) is 3.20. The summed E-state index contributed by atoms with van der Waals surface area (Å²) in [5.74, 6) is 0.431. The Bertz CT molecular complexity index is 859. The number of hydrogen-bond acceptors (Lipinski definition) is 5. The van der Waals surface area contributed by atoms with Crippen LogP contribution in [-0.2, 0) is 14.3 Å². The number of amides is 2. The van der Waals surface area contributed by atoms with Crippen LogP contribution >= 0.6 is 0 Å². The van der Waals surface area contributed by atoms with Crippen molar-refractivity contribution < 1.29 is 19.1 Å². The van der Waals surface area contributed by atoms with E-state index >= 15 is 0 Å². The van der Waals surface area contributed by atoms with Gasteiger partial charge in [0.05, 0.1) is 26.9 Å². The number of rotatable bonds is 7. The third kappa shape index (κ3) is 6.74. The van der Waals surface area contributed by atoms with Gasteiger partial charge in [-0.2, -0.15) is 0 Å². The molecule has 0 bridgehead atoms. The molecule has 0 unspecified atom stereocenters. The van der Waals surface area contributed by atoms with E-state index in [1.54, 1.807) is 37.5 Å². The highest BCUT2D eigenvalue weighted by Crippen LogP contribution is 2.15. The summed E-state index contributed by atoms with van der Waals surface area (Å²) in [6.07, 6.45) is 3.19. The van der Waals surface area contributed by atoms with Gasteiger partial charge in [0.2, 0.25) is 11.8 Å². The van der Waals surface area contributed by atoms with Gasteiger partial charge in [-0.3, -0.25) is 14.5 Å². The van der Waals surface area contributed by atoms with Gasteiger partial charge in [-0.1, -0.05) is 12.1 Å². The molecule has 1 heterocycles. The second kappa shape index (κ2) is 10.4. The maximum absolute atomic E-state index is 12.1. The van der Waals surface area contributed by atoms with Gasteiger partial charge in [0.25, 0.3) is 0 Å². The number of morpholine rings is 1. The van der Waals surface area contributed by atoms with E-state index in [1.165, 1.54) is 6.08 Å². The average molecular weight is 395 g/mol. The number of methoxy groups -OCH3 is 1. The monoisotopic (exact) mass is 395 g/mol. The Labute approximate surface area is 170 Å². The van der Waals surface area contributed by atoms with Gasteiger partial charge in [-0.25, -0.2) is 0 Å². The molecule has 2 aromatic rings. The number of nitrogens with one attached hydrogen (secondary N) is 2. The third-order valence-corrected chi connectivity index (χ3v) is 4.43. The van der Waals surface area contributed by atoms with Crippen molar-refractivity contribution in [3.05, 3.63) is 60.2 Å². The molecule has 0 saturated carbocycles. The molecule has 2 N–H and O–H groups in total. The zero-order valence-corrected chi connectivity index (χ0v) is 16.4. The van der Waals surface area contributed by atoms with Gasteiger partial charge >= 0.3 is 0 Å². The number of anilines is 2. The number of benzene rings is 2. The van der Waals surface area contributed by atoms with Gasteiger partial charge < -0.3 is 20.1 Å². The molecule has 0 aromatic heterocycles. The lowest BCUT2D eigenvalue weighted by atomic mass is 10.2. The molecule has 0 aliphatic carbocycles. The average Bonchev–Trinajstić information content (AvgIpc) is 2.74. The minimum atomic E-state index is -0.239. The van der Waals surface area contributed by atoms with Gasteiger partial charge in [0, 0.05) is 30.5 Å². The van der Waals surface area contributed by atoms with Gasteiger partial charge in [-0.05, 0) is 48.0 Å². The van der Waals surface area contributed by atoms with Crippen molar-refractivity contribution in [1.82, 2.24) is 4.90 Å². The van der Waals surface area contributed by atoms with Crippen LogP contribution < -0.4 is 15.4 Å². The SMILES string of the molecule is COc1cccc(/C=C/C(=O)Nc2ccc(NC(=O)CN3CCOCC3)cc2)c1. The van der Waals surface area contributed by atoms with Crippen molar-refractivity contribution in [1.29, 1.82) is 0 Å². The first kappa shape index (κ1) is 20.6. The highest BCUT2D eigenvalue weighted by Gasteiger charge is 2.14. The molecule has 1 fully saturated rings. The molecule has 152 valence electrons. The van der Waals surface area contributed by atoms with Crippen molar-refractivity contribution in [3.8, 4) is 5.75 Å². The number of carbonyl (C=O) groups excluding carboxylic acids is 2. The summed E-state index contributed by atoms with van der Waals surface area (Å²) in [7, 11) is 1.60. The normalized spacial score (nSPS) is 14.5. The Hall–Kier alpha value is -3.16. The lowest BCUT2D eigenvalue weighted by Crippen LogP contribution is -2.41. The van der Waals surface area contributed by atoms with Crippen molar-refractivity contribution in [2.24, 2.45) is 0 Å². The fraction of sp³-hybridized carbons (Fsp3) is 0.273. The molecule has 7 nitrogen and oxygen atoms in total. The second-order valence-electron chi connectivity index (χ2n) is 6.61. The zero-order valence-electron chi connectivity index (χ0n) is 16.4. The largest absolute Gasteiger partial charge is 0.497 e. The molecule has 2 amide bonds. The van der Waals surface area contributed by atoms with E-state index in [0.29, 0.717) is 31.1 Å². The zero-order chi connectivity index (χ0) is 20.5. The number of nitrogens with zero attached hydrogens (tertiary/aromatic N) is 1. The molecule has 0 atom stereocenters. The number of carbonyl (C=O) groups is 2. The first-order valence-corrected chi connectivity index (χ1v) is 9.45. The van der Waals surface area contributed by atoms with Crippen LogP contribution in [0.25, 0.3) is 6.08 Å². The molecule has 29 heavy (non-hydrogen) atoms. The van der Waals surface area contributed by atoms with E-state index in [2.05, 4.69) is 15.5 Å². The van der Waals surface area contributed by atoms with Crippen LogP contribution in [0.2, 0.25) is 0 Å². The van der Waals surface area contributed by atoms with Crippen molar-refractivity contribution >= 4 is 29.3 Å². The van der Waals surface area contributed by atoms with Gasteiger partial charge in [-0.15, -0.1) is 0 Å². The Morgan fingerprint density at radius 2 is 1.76 bits per heavy atom. The first-order valence-electron chi connectivity index (χ1n) is 9.45. The summed E-state index contributed by atoms with van der Waals surface area (Å²) in [4.78, 5) is 26.3. The Morgan fingerprint density at radius 3 is 2.45 bits per heavy atom. The van der Waals surface area contributed by atoms with E-state index in [4.69, 9.17) is 9.47 Å². The van der Waals surface area contributed by atoms with Crippen molar-refractivity contribution in [3.63, 3.8) is 0 Å². The predicted molar refractivity (Wildman–Crippen MR) is 113 cm³/mol. The summed E-state index contributed by atoms with van der Waals surface area (Å²) in [5, 5.41) is 5.66. The third-order valence-electron chi connectivity index (χ3n) is 4.43. The molecule has 7 heteroatoms. The summed E-state index contributed by atoms with van der Waals surface area (Å²) in [5.41, 5.74) is 2.21. The lowest BCUT2D eigenvalue weighted by Gasteiger charge is -2.25. The fourth-order valence-electron chi connectivity index (χ4n) is 2.90.